The number of hydrogen-bond acceptors (Lipinski definition) is 7. The molecule has 5 rings (SSSR count). The number of rotatable bonds is 4. The highest BCUT2D eigenvalue weighted by molar-refractivity contribution is 7.17. The van der Waals surface area contributed by atoms with Gasteiger partial charge in [-0.05, 0) is 24.6 Å². The number of aromatic hydroxyl groups is 1. The molecule has 1 atom stereocenters. The molecular formula is C20H20N4O3S. The highest BCUT2D eigenvalue weighted by atomic mass is 32.1. The van der Waals surface area contributed by atoms with Gasteiger partial charge in [-0.3, -0.25) is 4.90 Å². The van der Waals surface area contributed by atoms with Crippen LogP contribution in [-0.4, -0.2) is 50.9 Å². The Kier molecular flexibility index (Phi) is 4.38. The topological polar surface area (TPSA) is 76.0 Å². The number of aryl methyl sites for hydroxylation is 1. The second-order valence-corrected chi connectivity index (χ2v) is 7.87. The zero-order chi connectivity index (χ0) is 19.1. The van der Waals surface area contributed by atoms with Gasteiger partial charge in [0.05, 0.1) is 30.4 Å². The number of nitrogens with zero attached hydrogens (tertiary/aromatic N) is 4. The first-order valence-corrected chi connectivity index (χ1v) is 10.0. The van der Waals surface area contributed by atoms with Crippen LogP contribution in [0.25, 0.3) is 16.5 Å². The van der Waals surface area contributed by atoms with Crippen LogP contribution in [-0.2, 0) is 4.74 Å². The average molecular weight is 396 g/mol. The molecule has 0 saturated carbocycles. The lowest BCUT2D eigenvalue weighted by Crippen LogP contribution is -2.39. The van der Waals surface area contributed by atoms with Crippen molar-refractivity contribution in [3.8, 4) is 17.5 Å². The van der Waals surface area contributed by atoms with Crippen molar-refractivity contribution in [2.45, 2.75) is 13.0 Å². The summed E-state index contributed by atoms with van der Waals surface area (Å²) in [6, 6.07) is 12.0. The molecule has 1 saturated heterocycles. The molecule has 0 aliphatic carbocycles. The number of hydrogen-bond donors (Lipinski definition) is 1. The Labute approximate surface area is 165 Å². The molecule has 28 heavy (non-hydrogen) atoms. The minimum Gasteiger partial charge on any atom is -0.492 e. The summed E-state index contributed by atoms with van der Waals surface area (Å²) in [6.07, 6.45) is 1.58. The molecule has 0 unspecified atom stereocenters. The average Bonchev–Trinajstić information content (AvgIpc) is 3.43. The van der Waals surface area contributed by atoms with Crippen molar-refractivity contribution < 1.29 is 14.3 Å². The Morgan fingerprint density at radius 2 is 1.93 bits per heavy atom. The van der Waals surface area contributed by atoms with Crippen LogP contribution in [0.2, 0.25) is 0 Å². The summed E-state index contributed by atoms with van der Waals surface area (Å²) in [6.45, 7) is 5.07. The SMILES string of the molecule is Cc1ccc([C@H](c2sc3nc(-c4ccco4)nn3c2O)N2CCOCC2)cc1. The lowest BCUT2D eigenvalue weighted by Gasteiger charge is -2.34. The van der Waals surface area contributed by atoms with E-state index in [0.717, 1.165) is 23.5 Å². The van der Waals surface area contributed by atoms with Crippen LogP contribution >= 0.6 is 11.3 Å². The Morgan fingerprint density at radius 3 is 2.61 bits per heavy atom. The maximum atomic E-state index is 11.0. The highest BCUT2D eigenvalue weighted by Gasteiger charge is 2.30. The first-order chi connectivity index (χ1) is 13.7. The first kappa shape index (κ1) is 17.4. The van der Waals surface area contributed by atoms with Crippen LogP contribution in [0.1, 0.15) is 22.0 Å². The molecule has 0 bridgehead atoms. The molecule has 1 aliphatic heterocycles. The van der Waals surface area contributed by atoms with Gasteiger partial charge in [0.15, 0.2) is 5.76 Å². The van der Waals surface area contributed by atoms with E-state index in [9.17, 15) is 5.11 Å². The van der Waals surface area contributed by atoms with Gasteiger partial charge in [0.1, 0.15) is 0 Å². The number of morpholine rings is 1. The quantitative estimate of drug-likeness (QED) is 0.569. The zero-order valence-corrected chi connectivity index (χ0v) is 16.2. The standard InChI is InChI=1S/C20H20N4O3S/c1-13-4-6-14(7-5-13)16(23-8-11-26-12-9-23)17-19(25)24-20(28-17)21-18(22-24)15-3-2-10-27-15/h2-7,10,16,25H,8-9,11-12H2,1H3/t16-/m1/s1. The fourth-order valence-corrected chi connectivity index (χ4v) is 4.67. The van der Waals surface area contributed by atoms with Crippen LogP contribution in [0, 0.1) is 6.92 Å². The van der Waals surface area contributed by atoms with Crippen LogP contribution in [0.4, 0.5) is 0 Å². The monoisotopic (exact) mass is 396 g/mol. The molecule has 144 valence electrons. The third kappa shape index (κ3) is 2.99. The molecule has 8 heteroatoms. The molecular weight excluding hydrogens is 376 g/mol. The lowest BCUT2D eigenvalue weighted by molar-refractivity contribution is 0.0241. The van der Waals surface area contributed by atoms with Crippen molar-refractivity contribution in [2.24, 2.45) is 0 Å². The predicted octanol–water partition coefficient (Wildman–Crippen LogP) is 3.49. The summed E-state index contributed by atoms with van der Waals surface area (Å²) < 4.78 is 12.4. The predicted molar refractivity (Wildman–Crippen MR) is 106 cm³/mol. The molecule has 0 radical (unpaired) electrons. The Bertz CT molecular complexity index is 1080. The summed E-state index contributed by atoms with van der Waals surface area (Å²) in [5, 5.41) is 15.4. The third-order valence-electron chi connectivity index (χ3n) is 4.99. The molecule has 0 spiro atoms. The maximum absolute atomic E-state index is 11.0. The first-order valence-electron chi connectivity index (χ1n) is 9.21. The van der Waals surface area contributed by atoms with E-state index in [4.69, 9.17) is 9.15 Å². The van der Waals surface area contributed by atoms with Crippen LogP contribution in [0.5, 0.6) is 5.88 Å². The van der Waals surface area contributed by atoms with Gasteiger partial charge in [-0.1, -0.05) is 41.2 Å². The molecule has 1 aliphatic rings. The van der Waals surface area contributed by atoms with Gasteiger partial charge < -0.3 is 14.3 Å². The Morgan fingerprint density at radius 1 is 1.14 bits per heavy atom. The molecule has 0 amide bonds. The lowest BCUT2D eigenvalue weighted by atomic mass is 10.0. The number of benzene rings is 1. The van der Waals surface area contributed by atoms with Crippen LogP contribution in [0.3, 0.4) is 0 Å². The number of aromatic nitrogens is 3. The van der Waals surface area contributed by atoms with E-state index in [1.807, 2.05) is 0 Å². The van der Waals surface area contributed by atoms with Crippen molar-refractivity contribution in [3.63, 3.8) is 0 Å². The van der Waals surface area contributed by atoms with Gasteiger partial charge in [0.25, 0.3) is 0 Å². The van der Waals surface area contributed by atoms with Crippen molar-refractivity contribution in [2.75, 3.05) is 26.3 Å². The largest absolute Gasteiger partial charge is 0.492 e. The van der Waals surface area contributed by atoms with Gasteiger partial charge >= 0.3 is 0 Å². The van der Waals surface area contributed by atoms with Crippen molar-refractivity contribution >= 4 is 16.3 Å². The van der Waals surface area contributed by atoms with Crippen LogP contribution in [0.15, 0.2) is 47.1 Å². The van der Waals surface area contributed by atoms with E-state index in [1.54, 1.807) is 18.4 Å². The van der Waals surface area contributed by atoms with Gasteiger partial charge in [-0.15, -0.1) is 5.10 Å². The summed E-state index contributed by atoms with van der Waals surface area (Å²) >= 11 is 1.46. The molecule has 1 N–H and O–H groups in total. The normalized spacial score (nSPS) is 16.6. The molecule has 4 aromatic rings. The van der Waals surface area contributed by atoms with Gasteiger partial charge in [0.2, 0.25) is 16.7 Å². The third-order valence-corrected chi connectivity index (χ3v) is 6.07. The Balaban J connectivity index is 1.59. The number of thiazole rings is 1. The van der Waals surface area contributed by atoms with Crippen molar-refractivity contribution in [1.29, 1.82) is 0 Å². The van der Waals surface area contributed by atoms with E-state index in [0.29, 0.717) is 29.8 Å². The zero-order valence-electron chi connectivity index (χ0n) is 15.4. The minimum atomic E-state index is -0.0648. The molecule has 7 nitrogen and oxygen atoms in total. The minimum absolute atomic E-state index is 0.0648. The van der Waals surface area contributed by atoms with Crippen LogP contribution < -0.4 is 0 Å². The summed E-state index contributed by atoms with van der Waals surface area (Å²) in [5.74, 6) is 1.18. The molecule has 3 aromatic heterocycles. The van der Waals surface area contributed by atoms with E-state index in [2.05, 4.69) is 46.2 Å². The molecule has 1 aromatic carbocycles. The van der Waals surface area contributed by atoms with Gasteiger partial charge in [0, 0.05) is 13.1 Å². The van der Waals surface area contributed by atoms with E-state index >= 15 is 0 Å². The second kappa shape index (κ2) is 7.05. The number of ether oxygens (including phenoxy) is 1. The maximum Gasteiger partial charge on any atom is 0.230 e. The highest BCUT2D eigenvalue weighted by Crippen LogP contribution is 2.40. The van der Waals surface area contributed by atoms with Gasteiger partial charge in [-0.2, -0.15) is 9.50 Å². The Hall–Kier alpha value is -2.68. The number of furan rings is 1. The fourth-order valence-electron chi connectivity index (χ4n) is 3.55. The second-order valence-electron chi connectivity index (χ2n) is 6.86. The van der Waals surface area contributed by atoms with Gasteiger partial charge in [-0.25, -0.2) is 0 Å². The van der Waals surface area contributed by atoms with E-state index in [-0.39, 0.29) is 11.9 Å². The van der Waals surface area contributed by atoms with E-state index < -0.39 is 0 Å². The smallest absolute Gasteiger partial charge is 0.230 e. The molecule has 4 heterocycles. The summed E-state index contributed by atoms with van der Waals surface area (Å²) in [5.41, 5.74) is 2.35. The van der Waals surface area contributed by atoms with E-state index in [1.165, 1.54) is 21.4 Å². The summed E-state index contributed by atoms with van der Waals surface area (Å²) in [4.78, 5) is 8.37. The van der Waals surface area contributed by atoms with Crippen molar-refractivity contribution in [3.05, 3.63) is 58.7 Å². The molecule has 1 fully saturated rings. The summed E-state index contributed by atoms with van der Waals surface area (Å²) in [7, 11) is 0. The van der Waals surface area contributed by atoms with Crippen molar-refractivity contribution in [1.82, 2.24) is 19.5 Å². The number of fused-ring (bicyclic) bond motifs is 1. The fraction of sp³-hybridized carbons (Fsp3) is 0.300.